The topological polar surface area (TPSA) is 21.3 Å². The standard InChI is InChI=1S/C12H12Cl2F3NO.ClH/c13-8-1-2-9(14)10(5-8)19-7-11(12(15,16)17)3-4-18-6-11;/h1-2,5,18H,3-4,6-7H2;1H. The molecule has 1 aliphatic heterocycles. The molecule has 0 saturated carbocycles. The zero-order valence-electron chi connectivity index (χ0n) is 10.3. The second-order valence-electron chi connectivity index (χ2n) is 4.57. The predicted molar refractivity (Wildman–Crippen MR) is 75.2 cm³/mol. The Morgan fingerprint density at radius 3 is 2.55 bits per heavy atom. The van der Waals surface area contributed by atoms with Gasteiger partial charge in [0.15, 0.2) is 0 Å². The van der Waals surface area contributed by atoms with Gasteiger partial charge in [0, 0.05) is 17.6 Å². The first kappa shape index (κ1) is 17.7. The second kappa shape index (κ2) is 6.60. The Balaban J connectivity index is 0.00000200. The van der Waals surface area contributed by atoms with Gasteiger partial charge in [-0.2, -0.15) is 13.2 Å². The highest BCUT2D eigenvalue weighted by molar-refractivity contribution is 6.34. The van der Waals surface area contributed by atoms with Crippen LogP contribution in [0.2, 0.25) is 10.0 Å². The van der Waals surface area contributed by atoms with Gasteiger partial charge in [0.1, 0.15) is 17.8 Å². The fraction of sp³-hybridized carbons (Fsp3) is 0.500. The SMILES string of the molecule is Cl.FC(F)(F)C1(COc2cc(Cl)ccc2Cl)CCNC1. The van der Waals surface area contributed by atoms with Crippen LogP contribution in [0, 0.1) is 5.41 Å². The van der Waals surface area contributed by atoms with E-state index in [-0.39, 0.29) is 36.1 Å². The molecule has 20 heavy (non-hydrogen) atoms. The van der Waals surface area contributed by atoms with E-state index in [1.807, 2.05) is 0 Å². The van der Waals surface area contributed by atoms with Gasteiger partial charge >= 0.3 is 6.18 Å². The van der Waals surface area contributed by atoms with Gasteiger partial charge < -0.3 is 10.1 Å². The molecule has 1 aromatic carbocycles. The Hall–Kier alpha value is -0.360. The van der Waals surface area contributed by atoms with Gasteiger partial charge in [-0.25, -0.2) is 0 Å². The zero-order valence-corrected chi connectivity index (χ0v) is 12.6. The van der Waals surface area contributed by atoms with E-state index in [2.05, 4.69) is 5.32 Å². The third-order valence-corrected chi connectivity index (χ3v) is 3.79. The van der Waals surface area contributed by atoms with Crippen LogP contribution >= 0.6 is 35.6 Å². The van der Waals surface area contributed by atoms with Crippen molar-refractivity contribution in [1.82, 2.24) is 5.32 Å². The summed E-state index contributed by atoms with van der Waals surface area (Å²) in [5, 5.41) is 3.33. The Bertz CT molecular complexity index is 462. The summed E-state index contributed by atoms with van der Waals surface area (Å²) in [7, 11) is 0. The van der Waals surface area contributed by atoms with E-state index in [0.717, 1.165) is 0 Å². The quantitative estimate of drug-likeness (QED) is 0.876. The molecule has 1 heterocycles. The lowest BCUT2D eigenvalue weighted by atomic mass is 9.87. The Labute approximate surface area is 131 Å². The molecule has 8 heteroatoms. The molecule has 1 unspecified atom stereocenters. The minimum atomic E-state index is -4.32. The highest BCUT2D eigenvalue weighted by atomic mass is 35.5. The van der Waals surface area contributed by atoms with Gasteiger partial charge in [0.25, 0.3) is 0 Å². The number of nitrogens with one attached hydrogen (secondary N) is 1. The summed E-state index contributed by atoms with van der Waals surface area (Å²) in [5.74, 6) is 0.171. The van der Waals surface area contributed by atoms with Gasteiger partial charge in [-0.3, -0.25) is 0 Å². The molecular formula is C12H13Cl3F3NO. The average Bonchev–Trinajstić information content (AvgIpc) is 2.80. The number of halogens is 6. The summed E-state index contributed by atoms with van der Waals surface area (Å²) in [6.45, 7) is -0.287. The molecule has 1 saturated heterocycles. The van der Waals surface area contributed by atoms with Crippen molar-refractivity contribution >= 4 is 35.6 Å². The summed E-state index contributed by atoms with van der Waals surface area (Å²) in [5.41, 5.74) is -1.86. The Morgan fingerprint density at radius 2 is 2.00 bits per heavy atom. The predicted octanol–water partition coefficient (Wildman–Crippen LogP) is 4.34. The number of hydrogen-bond acceptors (Lipinski definition) is 2. The highest BCUT2D eigenvalue weighted by Gasteiger charge is 2.56. The van der Waals surface area contributed by atoms with E-state index in [1.54, 1.807) is 6.07 Å². The number of benzene rings is 1. The largest absolute Gasteiger partial charge is 0.491 e. The van der Waals surface area contributed by atoms with Crippen molar-refractivity contribution in [1.29, 1.82) is 0 Å². The lowest BCUT2D eigenvalue weighted by Crippen LogP contribution is -2.44. The summed E-state index contributed by atoms with van der Waals surface area (Å²) in [6.07, 6.45) is -4.32. The number of rotatable bonds is 3. The normalized spacial score (nSPS) is 22.4. The van der Waals surface area contributed by atoms with Crippen LogP contribution in [0.15, 0.2) is 18.2 Å². The van der Waals surface area contributed by atoms with Crippen molar-refractivity contribution in [3.8, 4) is 5.75 Å². The molecule has 0 aromatic heterocycles. The summed E-state index contributed by atoms with van der Waals surface area (Å²) >= 11 is 11.6. The minimum Gasteiger partial charge on any atom is -0.491 e. The van der Waals surface area contributed by atoms with Gasteiger partial charge in [0.05, 0.1) is 5.02 Å². The smallest absolute Gasteiger partial charge is 0.399 e. The molecule has 2 nitrogen and oxygen atoms in total. The van der Waals surface area contributed by atoms with E-state index in [0.29, 0.717) is 11.6 Å². The van der Waals surface area contributed by atoms with Crippen molar-refractivity contribution in [2.45, 2.75) is 12.6 Å². The Kier molecular flexibility index (Phi) is 5.84. The zero-order chi connectivity index (χ0) is 14.1. The monoisotopic (exact) mass is 349 g/mol. The van der Waals surface area contributed by atoms with Gasteiger partial charge in [-0.1, -0.05) is 23.2 Å². The molecule has 1 aliphatic rings. The highest BCUT2D eigenvalue weighted by Crippen LogP contribution is 2.43. The van der Waals surface area contributed by atoms with Crippen molar-refractivity contribution in [3.63, 3.8) is 0 Å². The number of hydrogen-bond donors (Lipinski definition) is 1. The number of ether oxygens (including phenoxy) is 1. The molecule has 1 fully saturated rings. The van der Waals surface area contributed by atoms with Gasteiger partial charge in [-0.15, -0.1) is 12.4 Å². The first-order valence-corrected chi connectivity index (χ1v) is 6.45. The Morgan fingerprint density at radius 1 is 1.30 bits per heavy atom. The lowest BCUT2D eigenvalue weighted by Gasteiger charge is -2.30. The molecule has 1 N–H and O–H groups in total. The molecular weight excluding hydrogens is 337 g/mol. The van der Waals surface area contributed by atoms with Gasteiger partial charge in [0.2, 0.25) is 0 Å². The maximum atomic E-state index is 13.1. The maximum Gasteiger partial charge on any atom is 0.399 e. The van der Waals surface area contributed by atoms with E-state index >= 15 is 0 Å². The van der Waals surface area contributed by atoms with Crippen LogP contribution in [0.3, 0.4) is 0 Å². The molecule has 0 spiro atoms. The van der Waals surface area contributed by atoms with Crippen LogP contribution in [0.1, 0.15) is 6.42 Å². The van der Waals surface area contributed by atoms with Crippen LogP contribution < -0.4 is 10.1 Å². The molecule has 114 valence electrons. The van der Waals surface area contributed by atoms with Crippen LogP contribution in [0.5, 0.6) is 5.75 Å². The molecule has 0 bridgehead atoms. The van der Waals surface area contributed by atoms with Crippen LogP contribution in [0.4, 0.5) is 13.2 Å². The average molecular weight is 351 g/mol. The fourth-order valence-corrected chi connectivity index (χ4v) is 2.33. The van der Waals surface area contributed by atoms with Gasteiger partial charge in [-0.05, 0) is 25.1 Å². The van der Waals surface area contributed by atoms with Crippen LogP contribution in [-0.4, -0.2) is 25.9 Å². The molecule has 0 amide bonds. The lowest BCUT2D eigenvalue weighted by molar-refractivity contribution is -0.225. The molecule has 1 aromatic rings. The maximum absolute atomic E-state index is 13.1. The fourth-order valence-electron chi connectivity index (χ4n) is 1.99. The minimum absolute atomic E-state index is 0. The molecule has 2 rings (SSSR count). The van der Waals surface area contributed by atoms with Crippen molar-refractivity contribution in [3.05, 3.63) is 28.2 Å². The molecule has 0 aliphatic carbocycles. The molecule has 0 radical (unpaired) electrons. The second-order valence-corrected chi connectivity index (χ2v) is 5.41. The van der Waals surface area contributed by atoms with Crippen molar-refractivity contribution in [2.24, 2.45) is 5.41 Å². The number of alkyl halides is 3. The van der Waals surface area contributed by atoms with Crippen LogP contribution in [0.25, 0.3) is 0 Å². The van der Waals surface area contributed by atoms with E-state index in [1.165, 1.54) is 12.1 Å². The van der Waals surface area contributed by atoms with E-state index < -0.39 is 18.2 Å². The van der Waals surface area contributed by atoms with Crippen LogP contribution in [-0.2, 0) is 0 Å². The van der Waals surface area contributed by atoms with E-state index in [9.17, 15) is 13.2 Å². The summed E-state index contributed by atoms with van der Waals surface area (Å²) in [6, 6.07) is 4.45. The van der Waals surface area contributed by atoms with Crippen molar-refractivity contribution in [2.75, 3.05) is 19.7 Å². The van der Waals surface area contributed by atoms with Crippen molar-refractivity contribution < 1.29 is 17.9 Å². The summed E-state index contributed by atoms with van der Waals surface area (Å²) in [4.78, 5) is 0. The third-order valence-electron chi connectivity index (χ3n) is 3.24. The third kappa shape index (κ3) is 3.64. The summed E-state index contributed by atoms with van der Waals surface area (Å²) < 4.78 is 44.6. The first-order chi connectivity index (χ1) is 8.84. The van der Waals surface area contributed by atoms with E-state index in [4.69, 9.17) is 27.9 Å². The molecule has 1 atom stereocenters. The first-order valence-electron chi connectivity index (χ1n) is 5.69.